The molecule has 0 saturated carbocycles. The monoisotopic (exact) mass is 1070 g/mol. The number of para-hydroxylation sites is 4. The first-order valence-electron chi connectivity index (χ1n) is 29.3. The van der Waals surface area contributed by atoms with E-state index >= 15 is 0 Å². The Kier molecular flexibility index (Phi) is 10.0. The van der Waals surface area contributed by atoms with Crippen molar-refractivity contribution in [3.05, 3.63) is 354 Å². The van der Waals surface area contributed by atoms with Crippen LogP contribution < -0.4 is 30.9 Å². The Morgan fingerprint density at radius 2 is 0.536 bits per heavy atom. The van der Waals surface area contributed by atoms with Gasteiger partial charge in [-0.25, -0.2) is 0 Å². The summed E-state index contributed by atoms with van der Waals surface area (Å²) in [4.78, 5) is 4.96. The Bertz CT molecular complexity index is 4380. The van der Waals surface area contributed by atoms with Crippen molar-refractivity contribution in [3.8, 4) is 56.0 Å². The van der Waals surface area contributed by atoms with E-state index in [1.807, 2.05) is 0 Å². The SMILES string of the molecule is c1ccc(-c2cccc(-c3ccccc3)c2B2c3ccc(N4c5ccccc5C5(c6ccccc6-c6ccccc65)c5ccccc54)cc3Oc3cc(N4c5ccccc5C5(c6ccccc6-c6ccccc65)c5ccccc54)ccc32)cc1. The van der Waals surface area contributed by atoms with E-state index in [9.17, 15) is 0 Å². The van der Waals surface area contributed by atoms with Gasteiger partial charge in [0.2, 0.25) is 0 Å². The number of fused-ring (bicyclic) bond motifs is 20. The summed E-state index contributed by atoms with van der Waals surface area (Å²) in [6.07, 6.45) is 0. The first kappa shape index (κ1) is 47.0. The molecule has 0 fully saturated rings. The number of rotatable bonds is 5. The van der Waals surface area contributed by atoms with Crippen molar-refractivity contribution < 1.29 is 4.74 Å². The van der Waals surface area contributed by atoms with Crippen LogP contribution in [0.4, 0.5) is 34.1 Å². The van der Waals surface area contributed by atoms with Crippen LogP contribution in [0, 0.1) is 0 Å². The lowest BCUT2D eigenvalue weighted by Gasteiger charge is -2.45. The number of nitrogens with zero attached hydrogens (tertiary/aromatic N) is 2. The van der Waals surface area contributed by atoms with Crippen molar-refractivity contribution >= 4 is 57.2 Å². The van der Waals surface area contributed by atoms with Crippen molar-refractivity contribution in [1.82, 2.24) is 0 Å². The fraction of sp³-hybridized carbons (Fsp3) is 0.0250. The van der Waals surface area contributed by atoms with Crippen molar-refractivity contribution in [3.63, 3.8) is 0 Å². The lowest BCUT2D eigenvalue weighted by atomic mass is 9.34. The second-order valence-electron chi connectivity index (χ2n) is 22.9. The van der Waals surface area contributed by atoms with E-state index < -0.39 is 10.8 Å². The second kappa shape index (κ2) is 17.9. The normalized spacial score (nSPS) is 14.4. The van der Waals surface area contributed by atoms with Gasteiger partial charge in [0.25, 0.3) is 6.71 Å². The topological polar surface area (TPSA) is 15.7 Å². The van der Waals surface area contributed by atoms with Crippen LogP contribution in [0.1, 0.15) is 44.5 Å². The zero-order valence-corrected chi connectivity index (χ0v) is 45.8. The predicted octanol–water partition coefficient (Wildman–Crippen LogP) is 17.9. The molecule has 0 amide bonds. The Balaban J connectivity index is 0.863. The van der Waals surface area contributed by atoms with Crippen molar-refractivity contribution in [1.29, 1.82) is 0 Å². The Morgan fingerprint density at radius 1 is 0.250 bits per heavy atom. The van der Waals surface area contributed by atoms with E-state index in [4.69, 9.17) is 4.74 Å². The molecule has 2 spiro atoms. The van der Waals surface area contributed by atoms with Crippen molar-refractivity contribution in [2.45, 2.75) is 10.8 Å². The molecule has 0 radical (unpaired) electrons. The highest BCUT2D eigenvalue weighted by Crippen LogP contribution is 2.65. The maximum Gasteiger partial charge on any atom is 0.252 e. The second-order valence-corrected chi connectivity index (χ2v) is 22.9. The summed E-state index contributed by atoms with van der Waals surface area (Å²) in [5.74, 6) is 1.65. The summed E-state index contributed by atoms with van der Waals surface area (Å²) < 4.78 is 7.65. The zero-order valence-electron chi connectivity index (χ0n) is 45.8. The molecular formula is C80H51BN2O. The molecule has 84 heavy (non-hydrogen) atoms. The number of hydrogen-bond acceptors (Lipinski definition) is 3. The Hall–Kier alpha value is -10.7. The van der Waals surface area contributed by atoms with E-state index in [2.05, 4.69) is 319 Å². The molecule has 0 bridgehead atoms. The molecule has 13 aromatic carbocycles. The fourth-order valence-corrected chi connectivity index (χ4v) is 15.9. The highest BCUT2D eigenvalue weighted by Gasteiger charge is 2.53. The molecule has 2 aliphatic carbocycles. The maximum absolute atomic E-state index is 7.65. The van der Waals surface area contributed by atoms with E-state index in [1.54, 1.807) is 0 Å². The van der Waals surface area contributed by atoms with Crippen LogP contribution in [0.5, 0.6) is 11.5 Å². The molecule has 0 unspecified atom stereocenters. The molecule has 3 nitrogen and oxygen atoms in total. The summed E-state index contributed by atoms with van der Waals surface area (Å²) in [5, 5.41) is 0. The van der Waals surface area contributed by atoms with Crippen molar-refractivity contribution in [2.24, 2.45) is 0 Å². The minimum Gasteiger partial charge on any atom is -0.458 e. The van der Waals surface area contributed by atoms with Gasteiger partial charge in [-0.2, -0.15) is 0 Å². The first-order valence-corrected chi connectivity index (χ1v) is 29.3. The van der Waals surface area contributed by atoms with Crippen LogP contribution in [-0.4, -0.2) is 6.71 Å². The highest BCUT2D eigenvalue weighted by atomic mass is 16.5. The van der Waals surface area contributed by atoms with Crippen LogP contribution in [0.3, 0.4) is 0 Å². The molecule has 18 rings (SSSR count). The molecule has 0 N–H and O–H groups in total. The Labute approximate surface area is 489 Å². The zero-order chi connectivity index (χ0) is 55.1. The molecule has 0 aromatic heterocycles. The van der Waals surface area contributed by atoms with Gasteiger partial charge in [0.15, 0.2) is 0 Å². The van der Waals surface area contributed by atoms with Crippen LogP contribution in [0.15, 0.2) is 309 Å². The van der Waals surface area contributed by atoms with E-state index in [0.29, 0.717) is 0 Å². The van der Waals surface area contributed by atoms with Crippen LogP contribution in [0.2, 0.25) is 0 Å². The third-order valence-corrected chi connectivity index (χ3v) is 19.0. The average molecular weight is 1070 g/mol. The van der Waals surface area contributed by atoms with Gasteiger partial charge < -0.3 is 14.5 Å². The molecule has 3 aliphatic heterocycles. The van der Waals surface area contributed by atoms with Gasteiger partial charge in [-0.15, -0.1) is 0 Å². The quantitative estimate of drug-likeness (QED) is 0.160. The van der Waals surface area contributed by atoms with Crippen LogP contribution in [0.25, 0.3) is 44.5 Å². The summed E-state index contributed by atoms with van der Waals surface area (Å²) in [6, 6.07) is 115. The third-order valence-electron chi connectivity index (χ3n) is 19.0. The minimum absolute atomic E-state index is 0.218. The van der Waals surface area contributed by atoms with Crippen LogP contribution in [-0.2, 0) is 10.8 Å². The van der Waals surface area contributed by atoms with Gasteiger partial charge in [0.1, 0.15) is 11.5 Å². The van der Waals surface area contributed by atoms with Gasteiger partial charge in [-0.1, -0.05) is 266 Å². The molecule has 5 aliphatic rings. The fourth-order valence-electron chi connectivity index (χ4n) is 15.9. The lowest BCUT2D eigenvalue weighted by Crippen LogP contribution is -2.56. The molecule has 0 atom stereocenters. The molecule has 0 saturated heterocycles. The van der Waals surface area contributed by atoms with Gasteiger partial charge in [-0.3, -0.25) is 0 Å². The smallest absolute Gasteiger partial charge is 0.252 e. The maximum atomic E-state index is 7.65. The molecule has 390 valence electrons. The minimum atomic E-state index is -0.521. The number of hydrogen-bond donors (Lipinski definition) is 0. The highest BCUT2D eigenvalue weighted by molar-refractivity contribution is 6.98. The standard InChI is InChI=1S/C80H51BN2O/c1-3-24-52(25-4-1)56-32-23-33-57(53-26-5-2-6-27-53)78(56)81-70-48-46-54(82-72-42-19-15-38-66(72)79(67-39-16-20-43-73(67)82)62-34-11-7-28-58(62)59-29-8-12-35-63(59)79)50-76(70)84-77-51-55(47-49-71(77)81)83-74-44-21-17-40-68(74)80(69-41-18-22-45-75(69)83)64-36-13-9-30-60(64)61-31-10-14-37-65(61)80/h1-51H. The van der Waals surface area contributed by atoms with Crippen molar-refractivity contribution in [2.75, 3.05) is 9.80 Å². The van der Waals surface area contributed by atoms with Gasteiger partial charge in [0.05, 0.1) is 33.6 Å². The predicted molar refractivity (Wildman–Crippen MR) is 346 cm³/mol. The van der Waals surface area contributed by atoms with E-state index in [1.165, 1.54) is 94.5 Å². The summed E-state index contributed by atoms with van der Waals surface area (Å²) in [7, 11) is 0. The van der Waals surface area contributed by atoms with Crippen LogP contribution >= 0.6 is 0 Å². The molecule has 13 aromatic rings. The molecule has 4 heteroatoms. The summed E-state index contributed by atoms with van der Waals surface area (Å²) in [5.41, 5.74) is 29.2. The summed E-state index contributed by atoms with van der Waals surface area (Å²) >= 11 is 0. The Morgan fingerprint density at radius 3 is 0.881 bits per heavy atom. The van der Waals surface area contributed by atoms with E-state index in [0.717, 1.165) is 56.5 Å². The first-order chi connectivity index (χ1) is 41.7. The molecule has 3 heterocycles. The number of benzene rings is 13. The van der Waals surface area contributed by atoms with Gasteiger partial charge >= 0.3 is 0 Å². The number of anilines is 6. The van der Waals surface area contributed by atoms with E-state index in [-0.39, 0.29) is 6.71 Å². The lowest BCUT2D eigenvalue weighted by molar-refractivity contribution is 0.487. The number of ether oxygens (including phenoxy) is 1. The average Bonchev–Trinajstić information content (AvgIpc) is 4.01. The molecular weight excluding hydrogens is 1020 g/mol. The largest absolute Gasteiger partial charge is 0.458 e. The summed E-state index contributed by atoms with van der Waals surface area (Å²) in [6.45, 7) is -0.218. The van der Waals surface area contributed by atoms with Gasteiger partial charge in [0, 0.05) is 23.5 Å². The third kappa shape index (κ3) is 6.26. The van der Waals surface area contributed by atoms with Gasteiger partial charge in [-0.05, 0) is 136 Å².